The monoisotopic (exact) mass is 363 g/mol. The third kappa shape index (κ3) is 3.19. The number of amides is 1. The Morgan fingerprint density at radius 3 is 2.77 bits per heavy atom. The molecule has 0 aliphatic heterocycles. The average Bonchev–Trinajstić information content (AvgIpc) is 2.70. The highest BCUT2D eigenvalue weighted by Gasteiger charge is 2.18. The fraction of sp³-hybridized carbons (Fsp3) is 0.529. The van der Waals surface area contributed by atoms with Crippen LogP contribution in [0.2, 0.25) is 0 Å². The van der Waals surface area contributed by atoms with Crippen molar-refractivity contribution in [1.29, 1.82) is 0 Å². The Balaban J connectivity index is 1.75. The number of nitrogens with zero attached hydrogens (tertiary/aromatic N) is 2. The normalized spacial score (nSPS) is 16.6. The summed E-state index contributed by atoms with van der Waals surface area (Å²) in [7, 11) is 1.94. The summed E-state index contributed by atoms with van der Waals surface area (Å²) in [6.45, 7) is 0.790. The van der Waals surface area contributed by atoms with E-state index >= 15 is 0 Å². The minimum absolute atomic E-state index is 0.0155. The van der Waals surface area contributed by atoms with E-state index in [4.69, 9.17) is 0 Å². The number of halogens is 1. The molecule has 2 aromatic heterocycles. The van der Waals surface area contributed by atoms with Crippen LogP contribution in [0.4, 0.5) is 0 Å². The van der Waals surface area contributed by atoms with E-state index in [1.165, 1.54) is 38.5 Å². The predicted octanol–water partition coefficient (Wildman–Crippen LogP) is 4.04. The summed E-state index contributed by atoms with van der Waals surface area (Å²) in [5.74, 6) is 0.647. The van der Waals surface area contributed by atoms with Gasteiger partial charge in [-0.05, 0) is 34.7 Å². The Kier molecular flexibility index (Phi) is 4.81. The highest BCUT2D eigenvalue weighted by Crippen LogP contribution is 2.28. The van der Waals surface area contributed by atoms with Crippen LogP contribution in [0.3, 0.4) is 0 Å². The van der Waals surface area contributed by atoms with E-state index in [2.05, 4.69) is 26.2 Å². The van der Waals surface area contributed by atoms with Gasteiger partial charge in [-0.2, -0.15) is 0 Å². The van der Waals surface area contributed by atoms with E-state index in [9.17, 15) is 4.79 Å². The molecule has 2 heterocycles. The minimum atomic E-state index is 0.0155. The molecule has 0 aromatic carbocycles. The molecule has 0 spiro atoms. The van der Waals surface area contributed by atoms with Crippen molar-refractivity contribution in [3.63, 3.8) is 0 Å². The Bertz CT molecular complexity index is 672. The molecule has 0 radical (unpaired) electrons. The maximum atomic E-state index is 12.6. The number of carbonyl (C=O) groups excluding carboxylic acids is 1. The van der Waals surface area contributed by atoms with Crippen LogP contribution >= 0.6 is 15.9 Å². The van der Waals surface area contributed by atoms with Gasteiger partial charge in [-0.25, -0.2) is 0 Å². The largest absolute Gasteiger partial charge is 0.352 e. The van der Waals surface area contributed by atoms with E-state index in [0.717, 1.165) is 27.5 Å². The molecule has 4 nitrogen and oxygen atoms in total. The summed E-state index contributed by atoms with van der Waals surface area (Å²) >= 11 is 3.51. The van der Waals surface area contributed by atoms with Gasteiger partial charge in [0.2, 0.25) is 0 Å². The van der Waals surface area contributed by atoms with Crippen molar-refractivity contribution in [2.75, 3.05) is 6.54 Å². The molecule has 22 heavy (non-hydrogen) atoms. The van der Waals surface area contributed by atoms with Gasteiger partial charge >= 0.3 is 0 Å². The lowest BCUT2D eigenvalue weighted by Gasteiger charge is -2.14. The molecule has 1 N–H and O–H groups in total. The predicted molar refractivity (Wildman–Crippen MR) is 91.9 cm³/mol. The maximum Gasteiger partial charge on any atom is 0.253 e. The van der Waals surface area contributed by atoms with Crippen LogP contribution < -0.4 is 5.32 Å². The Morgan fingerprint density at radius 1 is 1.32 bits per heavy atom. The zero-order valence-corrected chi connectivity index (χ0v) is 14.5. The van der Waals surface area contributed by atoms with Crippen molar-refractivity contribution < 1.29 is 4.79 Å². The van der Waals surface area contributed by atoms with Gasteiger partial charge in [-0.3, -0.25) is 9.78 Å². The molecular weight excluding hydrogens is 342 g/mol. The first-order chi connectivity index (χ1) is 10.7. The van der Waals surface area contributed by atoms with E-state index in [-0.39, 0.29) is 5.91 Å². The molecule has 0 bridgehead atoms. The van der Waals surface area contributed by atoms with Crippen molar-refractivity contribution >= 4 is 32.7 Å². The number of rotatable bonds is 3. The zero-order valence-electron chi connectivity index (χ0n) is 12.9. The zero-order chi connectivity index (χ0) is 15.5. The van der Waals surface area contributed by atoms with E-state index in [1.807, 2.05) is 17.8 Å². The first-order valence-electron chi connectivity index (χ1n) is 8.03. The van der Waals surface area contributed by atoms with Gasteiger partial charge < -0.3 is 9.88 Å². The smallest absolute Gasteiger partial charge is 0.253 e. The number of nitrogens with one attached hydrogen (secondary N) is 1. The number of hydrogen-bond donors (Lipinski definition) is 1. The molecule has 1 fully saturated rings. The number of aryl methyl sites for hydroxylation is 1. The van der Waals surface area contributed by atoms with Crippen molar-refractivity contribution in [3.8, 4) is 0 Å². The molecule has 5 heteroatoms. The first kappa shape index (κ1) is 15.5. The SMILES string of the molecule is Cn1cc(C(=O)NCC2CCCCCC2)c2c(Br)cncc21. The summed E-state index contributed by atoms with van der Waals surface area (Å²) in [5, 5.41) is 4.08. The number of pyridine rings is 1. The van der Waals surface area contributed by atoms with E-state index in [1.54, 1.807) is 12.4 Å². The van der Waals surface area contributed by atoms with Gasteiger partial charge in [0, 0.05) is 35.8 Å². The highest BCUT2D eigenvalue weighted by molar-refractivity contribution is 9.10. The average molecular weight is 364 g/mol. The second-order valence-corrected chi connectivity index (χ2v) is 7.09. The molecule has 3 rings (SSSR count). The van der Waals surface area contributed by atoms with Gasteiger partial charge in [-0.15, -0.1) is 0 Å². The molecule has 0 atom stereocenters. The summed E-state index contributed by atoms with van der Waals surface area (Å²) in [6.07, 6.45) is 13.2. The van der Waals surface area contributed by atoms with Crippen LogP contribution in [0.5, 0.6) is 0 Å². The summed E-state index contributed by atoms with van der Waals surface area (Å²) in [6, 6.07) is 0. The van der Waals surface area contributed by atoms with E-state index in [0.29, 0.717) is 5.92 Å². The molecule has 0 unspecified atom stereocenters. The van der Waals surface area contributed by atoms with Crippen LogP contribution in [-0.2, 0) is 7.05 Å². The fourth-order valence-corrected chi connectivity index (χ4v) is 3.89. The molecular formula is C17H22BrN3O. The van der Waals surface area contributed by atoms with Crippen LogP contribution in [0.25, 0.3) is 10.9 Å². The molecule has 2 aromatic rings. The number of aromatic nitrogens is 2. The van der Waals surface area contributed by atoms with Crippen LogP contribution in [0, 0.1) is 5.92 Å². The van der Waals surface area contributed by atoms with Crippen LogP contribution in [0.1, 0.15) is 48.9 Å². The van der Waals surface area contributed by atoms with Gasteiger partial charge in [-0.1, -0.05) is 25.7 Å². The number of fused-ring (bicyclic) bond motifs is 1. The summed E-state index contributed by atoms with van der Waals surface area (Å²) in [5.41, 5.74) is 1.69. The Morgan fingerprint density at radius 2 is 2.05 bits per heavy atom. The second-order valence-electron chi connectivity index (χ2n) is 6.24. The molecule has 1 saturated carbocycles. The van der Waals surface area contributed by atoms with Gasteiger partial charge in [0.15, 0.2) is 0 Å². The standard InChI is InChI=1S/C17H22BrN3O/c1-21-11-13(16-14(18)9-19-10-15(16)21)17(22)20-8-12-6-4-2-3-5-7-12/h9-12H,2-8H2,1H3,(H,20,22). The van der Waals surface area contributed by atoms with Gasteiger partial charge in [0.05, 0.1) is 17.3 Å². The Hall–Kier alpha value is -1.36. The van der Waals surface area contributed by atoms with Gasteiger partial charge in [0.1, 0.15) is 0 Å². The number of carbonyl (C=O) groups is 1. The molecule has 1 aliphatic carbocycles. The summed E-state index contributed by atoms with van der Waals surface area (Å²) in [4.78, 5) is 16.8. The van der Waals surface area contributed by atoms with Crippen molar-refractivity contribution in [2.24, 2.45) is 13.0 Å². The number of hydrogen-bond acceptors (Lipinski definition) is 2. The molecule has 1 amide bonds. The third-order valence-electron chi connectivity index (χ3n) is 4.62. The van der Waals surface area contributed by atoms with E-state index < -0.39 is 0 Å². The second kappa shape index (κ2) is 6.82. The topological polar surface area (TPSA) is 46.9 Å². The summed E-state index contributed by atoms with van der Waals surface area (Å²) < 4.78 is 2.82. The first-order valence-corrected chi connectivity index (χ1v) is 8.83. The molecule has 1 aliphatic rings. The molecule has 0 saturated heterocycles. The van der Waals surface area contributed by atoms with Crippen molar-refractivity contribution in [2.45, 2.75) is 38.5 Å². The Labute approximate surface area is 139 Å². The lowest BCUT2D eigenvalue weighted by molar-refractivity contribution is 0.0947. The highest BCUT2D eigenvalue weighted by atomic mass is 79.9. The maximum absolute atomic E-state index is 12.6. The van der Waals surface area contributed by atoms with Crippen molar-refractivity contribution in [1.82, 2.24) is 14.9 Å². The minimum Gasteiger partial charge on any atom is -0.352 e. The lowest BCUT2D eigenvalue weighted by Crippen LogP contribution is -2.29. The van der Waals surface area contributed by atoms with Gasteiger partial charge in [0.25, 0.3) is 5.91 Å². The third-order valence-corrected chi connectivity index (χ3v) is 5.22. The molecule has 118 valence electrons. The van der Waals surface area contributed by atoms with Crippen LogP contribution in [0.15, 0.2) is 23.1 Å². The lowest BCUT2D eigenvalue weighted by atomic mass is 10.0. The fourth-order valence-electron chi connectivity index (χ4n) is 3.36. The quantitative estimate of drug-likeness (QED) is 0.836. The van der Waals surface area contributed by atoms with Crippen molar-refractivity contribution in [3.05, 3.63) is 28.6 Å². The van der Waals surface area contributed by atoms with Crippen LogP contribution in [-0.4, -0.2) is 22.0 Å².